The first kappa shape index (κ1) is 23.4. The minimum absolute atomic E-state index is 0.0666. The van der Waals surface area contributed by atoms with Crippen LogP contribution >= 0.6 is 11.6 Å². The first-order valence-corrected chi connectivity index (χ1v) is 11.9. The zero-order valence-corrected chi connectivity index (χ0v) is 20.1. The van der Waals surface area contributed by atoms with Crippen LogP contribution < -0.4 is 16.1 Å². The molecule has 9 nitrogen and oxygen atoms in total. The second-order valence-electron chi connectivity index (χ2n) is 9.18. The van der Waals surface area contributed by atoms with Crippen molar-refractivity contribution in [2.24, 2.45) is 0 Å². The fourth-order valence-corrected chi connectivity index (χ4v) is 5.38. The van der Waals surface area contributed by atoms with E-state index in [1.54, 1.807) is 0 Å². The lowest BCUT2D eigenvalue weighted by Crippen LogP contribution is -2.63. The number of hydrogen-bond donors (Lipinski definition) is 0. The number of benzene rings is 1. The molecule has 0 radical (unpaired) electrons. The second kappa shape index (κ2) is 8.54. The fourth-order valence-electron chi connectivity index (χ4n) is 5.20. The van der Waals surface area contributed by atoms with Gasteiger partial charge in [0.2, 0.25) is 0 Å². The van der Waals surface area contributed by atoms with Crippen LogP contribution in [0.2, 0.25) is 5.02 Å². The van der Waals surface area contributed by atoms with E-state index in [1.165, 1.54) is 45.6 Å². The molecular weight excluding hydrogens is 506 g/mol. The number of hydrogen-bond acceptors (Lipinski definition) is 6. The zero-order valence-electron chi connectivity index (χ0n) is 19.3. The molecule has 2 saturated heterocycles. The van der Waals surface area contributed by atoms with E-state index in [-0.39, 0.29) is 45.6 Å². The van der Waals surface area contributed by atoms with Crippen molar-refractivity contribution in [3.8, 4) is 23.0 Å². The quantitative estimate of drug-likeness (QED) is 0.407. The standard InChI is InChI=1S/C25H19ClF2N6O3/c26-17-10-15(2-3-18(17)28)21-22(31-13-25(14-31)5-1-9-37-25)33(8-6-29)24(36)34(23(21)35)20-12-30-19-11-16(27)4-7-32(19)20/h2-4,7,10-12H,1,5,8-9,13-14H2. The summed E-state index contributed by atoms with van der Waals surface area (Å²) in [6.45, 7) is 1.14. The number of aromatic nitrogens is 4. The first-order valence-electron chi connectivity index (χ1n) is 11.6. The molecule has 1 spiro atoms. The maximum Gasteiger partial charge on any atom is 0.339 e. The number of anilines is 1. The van der Waals surface area contributed by atoms with Gasteiger partial charge >= 0.3 is 5.69 Å². The number of nitrogens with zero attached hydrogens (tertiary/aromatic N) is 6. The van der Waals surface area contributed by atoms with Crippen molar-refractivity contribution in [2.75, 3.05) is 24.6 Å². The van der Waals surface area contributed by atoms with Gasteiger partial charge in [0.25, 0.3) is 5.56 Å². The van der Waals surface area contributed by atoms with E-state index in [1.807, 2.05) is 11.0 Å². The van der Waals surface area contributed by atoms with E-state index in [0.29, 0.717) is 19.7 Å². The topological polar surface area (TPSA) is 97.6 Å². The van der Waals surface area contributed by atoms with Gasteiger partial charge in [0.05, 0.1) is 35.9 Å². The number of pyridine rings is 1. The number of halogens is 3. The maximum atomic E-state index is 14.1. The van der Waals surface area contributed by atoms with E-state index >= 15 is 0 Å². The Morgan fingerprint density at radius 3 is 2.70 bits per heavy atom. The minimum atomic E-state index is -0.766. The summed E-state index contributed by atoms with van der Waals surface area (Å²) in [5.74, 6) is -0.895. The van der Waals surface area contributed by atoms with Gasteiger partial charge < -0.3 is 9.64 Å². The van der Waals surface area contributed by atoms with Crippen molar-refractivity contribution in [3.63, 3.8) is 0 Å². The Hall–Kier alpha value is -4.01. The fraction of sp³-hybridized carbons (Fsp3) is 0.280. The predicted octanol–water partition coefficient (Wildman–Crippen LogP) is 3.14. The molecule has 0 unspecified atom stereocenters. The maximum absolute atomic E-state index is 14.1. The molecule has 3 aromatic heterocycles. The van der Waals surface area contributed by atoms with Crippen LogP contribution in [0.15, 0.2) is 52.3 Å². The second-order valence-corrected chi connectivity index (χ2v) is 9.58. The summed E-state index contributed by atoms with van der Waals surface area (Å²) in [7, 11) is 0. The highest BCUT2D eigenvalue weighted by atomic mass is 35.5. The third-order valence-corrected chi connectivity index (χ3v) is 7.17. The lowest BCUT2D eigenvalue weighted by molar-refractivity contribution is -0.0187. The van der Waals surface area contributed by atoms with Crippen LogP contribution in [-0.4, -0.2) is 43.8 Å². The van der Waals surface area contributed by atoms with Crippen molar-refractivity contribution in [1.82, 2.24) is 18.5 Å². The van der Waals surface area contributed by atoms with Crippen LogP contribution in [-0.2, 0) is 11.3 Å². The van der Waals surface area contributed by atoms with E-state index < -0.39 is 22.9 Å². The highest BCUT2D eigenvalue weighted by Gasteiger charge is 2.48. The zero-order chi connectivity index (χ0) is 25.9. The van der Waals surface area contributed by atoms with Crippen molar-refractivity contribution < 1.29 is 13.5 Å². The Morgan fingerprint density at radius 1 is 1.19 bits per heavy atom. The number of rotatable bonds is 4. The molecule has 12 heteroatoms. The largest absolute Gasteiger partial charge is 0.371 e. The van der Waals surface area contributed by atoms with Gasteiger partial charge in [-0.1, -0.05) is 17.7 Å². The van der Waals surface area contributed by atoms with Crippen LogP contribution in [0.5, 0.6) is 0 Å². The van der Waals surface area contributed by atoms with Gasteiger partial charge in [0.1, 0.15) is 41.1 Å². The van der Waals surface area contributed by atoms with E-state index in [0.717, 1.165) is 23.5 Å². The molecule has 1 aromatic carbocycles. The van der Waals surface area contributed by atoms with E-state index in [2.05, 4.69) is 4.98 Å². The Morgan fingerprint density at radius 2 is 2.00 bits per heavy atom. The molecule has 0 amide bonds. The highest BCUT2D eigenvalue weighted by Crippen LogP contribution is 2.40. The van der Waals surface area contributed by atoms with Crippen LogP contribution in [0.25, 0.3) is 22.6 Å². The van der Waals surface area contributed by atoms with E-state index in [4.69, 9.17) is 16.3 Å². The molecule has 2 fully saturated rings. The number of imidazole rings is 1. The van der Waals surface area contributed by atoms with Crippen molar-refractivity contribution >= 4 is 23.1 Å². The molecule has 2 aliphatic rings. The Kier molecular flexibility index (Phi) is 5.40. The lowest BCUT2D eigenvalue weighted by atomic mass is 9.90. The predicted molar refractivity (Wildman–Crippen MR) is 131 cm³/mol. The van der Waals surface area contributed by atoms with Crippen molar-refractivity contribution in [2.45, 2.75) is 25.0 Å². The number of ether oxygens (including phenoxy) is 1. The molecule has 0 bridgehead atoms. The summed E-state index contributed by atoms with van der Waals surface area (Å²) >= 11 is 6.07. The number of fused-ring (bicyclic) bond motifs is 1. The molecule has 2 aliphatic heterocycles. The molecule has 6 rings (SSSR count). The third kappa shape index (κ3) is 3.63. The average Bonchev–Trinajstić information content (AvgIpc) is 3.50. The van der Waals surface area contributed by atoms with Gasteiger partial charge in [0.15, 0.2) is 0 Å². The van der Waals surface area contributed by atoms with Crippen LogP contribution in [0, 0.1) is 23.0 Å². The molecule has 5 heterocycles. The smallest absolute Gasteiger partial charge is 0.339 e. The van der Waals surface area contributed by atoms with Crippen LogP contribution in [0.4, 0.5) is 14.6 Å². The van der Waals surface area contributed by atoms with Gasteiger partial charge in [-0.3, -0.25) is 13.8 Å². The van der Waals surface area contributed by atoms with Gasteiger partial charge in [0, 0.05) is 18.9 Å². The average molecular weight is 525 g/mol. The monoisotopic (exact) mass is 524 g/mol. The normalized spacial score (nSPS) is 16.3. The number of nitriles is 1. The van der Waals surface area contributed by atoms with Gasteiger partial charge in [-0.2, -0.15) is 5.26 Å². The molecule has 0 saturated carbocycles. The molecule has 0 atom stereocenters. The molecule has 0 aliphatic carbocycles. The van der Waals surface area contributed by atoms with Crippen LogP contribution in [0.3, 0.4) is 0 Å². The summed E-state index contributed by atoms with van der Waals surface area (Å²) in [5, 5.41) is 9.41. The van der Waals surface area contributed by atoms with Crippen molar-refractivity contribution in [3.05, 3.63) is 80.2 Å². The van der Waals surface area contributed by atoms with Gasteiger partial charge in [-0.25, -0.2) is 23.1 Å². The highest BCUT2D eigenvalue weighted by molar-refractivity contribution is 6.31. The van der Waals surface area contributed by atoms with Crippen LogP contribution in [0.1, 0.15) is 12.8 Å². The lowest BCUT2D eigenvalue weighted by Gasteiger charge is -2.49. The first-order chi connectivity index (χ1) is 17.8. The summed E-state index contributed by atoms with van der Waals surface area (Å²) < 4.78 is 37.2. The summed E-state index contributed by atoms with van der Waals surface area (Å²) in [6.07, 6.45) is 4.39. The summed E-state index contributed by atoms with van der Waals surface area (Å²) in [6, 6.07) is 8.19. The molecule has 0 N–H and O–H groups in total. The molecule has 188 valence electrons. The SMILES string of the molecule is N#CCn1c(N2CC3(CCCO3)C2)c(-c2ccc(F)c(Cl)c2)c(=O)n(-c2cnc3cc(F)ccn23)c1=O. The molecule has 4 aromatic rings. The Bertz CT molecular complexity index is 1720. The Balaban J connectivity index is 1.65. The summed E-state index contributed by atoms with van der Waals surface area (Å²) in [5.41, 5.74) is -1.31. The molecular formula is C25H19ClF2N6O3. The van der Waals surface area contributed by atoms with Crippen molar-refractivity contribution in [1.29, 1.82) is 5.26 Å². The summed E-state index contributed by atoms with van der Waals surface area (Å²) in [4.78, 5) is 33.8. The van der Waals surface area contributed by atoms with E-state index in [9.17, 15) is 23.6 Å². The Labute approximate surface area is 213 Å². The minimum Gasteiger partial charge on any atom is -0.371 e. The van der Waals surface area contributed by atoms with Gasteiger partial charge in [-0.15, -0.1) is 0 Å². The van der Waals surface area contributed by atoms with Gasteiger partial charge in [-0.05, 0) is 36.6 Å². The molecule has 37 heavy (non-hydrogen) atoms. The third-order valence-electron chi connectivity index (χ3n) is 6.88.